The molecule has 0 unspecified atom stereocenters. The Morgan fingerprint density at radius 2 is 1.31 bits per heavy atom. The van der Waals surface area contributed by atoms with Crippen LogP contribution in [0, 0.1) is 20.8 Å². The normalized spacial score (nSPS) is 13.6. The highest BCUT2D eigenvalue weighted by Crippen LogP contribution is 2.48. The maximum absolute atomic E-state index is 11.9. The standard InChI is InChI=1S/C31H41NOS2/c1-18(2)24-16-25(19(3)4)30(26(17-24)20(5)6)35-31(34-27-12-10-11-13-32-27)29(33)28-22(8)14-21(7)15-23(28)9/h10-20,29,31,33H,1-9H3/t29-,31-/m1/s1. The lowest BCUT2D eigenvalue weighted by Gasteiger charge is -2.29. The van der Waals surface area contributed by atoms with Crippen molar-refractivity contribution in [2.24, 2.45) is 0 Å². The van der Waals surface area contributed by atoms with Crippen molar-refractivity contribution >= 4 is 23.5 Å². The fourth-order valence-corrected chi connectivity index (χ4v) is 7.54. The molecule has 0 radical (unpaired) electrons. The van der Waals surface area contributed by atoms with Gasteiger partial charge in [0, 0.05) is 11.1 Å². The Balaban J connectivity index is 2.15. The average molecular weight is 508 g/mol. The van der Waals surface area contributed by atoms with E-state index in [2.05, 4.69) is 91.6 Å². The van der Waals surface area contributed by atoms with E-state index < -0.39 is 6.10 Å². The van der Waals surface area contributed by atoms with Crippen LogP contribution in [0.25, 0.3) is 0 Å². The van der Waals surface area contributed by atoms with Crippen LogP contribution >= 0.6 is 23.5 Å². The number of aromatic nitrogens is 1. The van der Waals surface area contributed by atoms with Gasteiger partial charge in [0.2, 0.25) is 0 Å². The van der Waals surface area contributed by atoms with Gasteiger partial charge in [-0.05, 0) is 84.0 Å². The second-order valence-electron chi connectivity index (χ2n) is 10.5. The number of hydrogen-bond donors (Lipinski definition) is 1. The number of rotatable bonds is 9. The first-order valence-electron chi connectivity index (χ1n) is 12.7. The molecule has 35 heavy (non-hydrogen) atoms. The first-order chi connectivity index (χ1) is 16.5. The molecule has 3 rings (SSSR count). The van der Waals surface area contributed by atoms with Gasteiger partial charge in [-0.2, -0.15) is 0 Å². The SMILES string of the molecule is Cc1cc(C)c([C@@H](O)[C@H](Sc2ccccn2)Sc2c(C(C)C)cc(C(C)C)cc2C(C)C)c(C)c1. The number of benzene rings is 2. The number of aliphatic hydroxyl groups is 1. The minimum absolute atomic E-state index is 0.134. The number of pyridine rings is 1. The highest BCUT2D eigenvalue weighted by molar-refractivity contribution is 8.17. The summed E-state index contributed by atoms with van der Waals surface area (Å²) < 4.78 is -0.134. The van der Waals surface area contributed by atoms with E-state index >= 15 is 0 Å². The minimum atomic E-state index is -0.627. The molecule has 188 valence electrons. The van der Waals surface area contributed by atoms with Gasteiger partial charge >= 0.3 is 0 Å². The van der Waals surface area contributed by atoms with E-state index in [1.165, 1.54) is 27.1 Å². The molecule has 2 atom stereocenters. The predicted molar refractivity (Wildman–Crippen MR) is 154 cm³/mol. The van der Waals surface area contributed by atoms with Crippen LogP contribution < -0.4 is 0 Å². The van der Waals surface area contributed by atoms with Gasteiger partial charge in [-0.3, -0.25) is 0 Å². The number of aryl methyl sites for hydroxylation is 3. The molecular formula is C31H41NOS2. The number of aliphatic hydroxyl groups excluding tert-OH is 1. The van der Waals surface area contributed by atoms with Gasteiger partial charge in [-0.25, -0.2) is 4.98 Å². The number of hydrogen-bond acceptors (Lipinski definition) is 4. The van der Waals surface area contributed by atoms with Crippen molar-refractivity contribution < 1.29 is 5.11 Å². The summed E-state index contributed by atoms with van der Waals surface area (Å²) in [5.74, 6) is 1.27. The third-order valence-corrected chi connectivity index (χ3v) is 9.23. The summed E-state index contributed by atoms with van der Waals surface area (Å²) in [6, 6.07) is 15.1. The van der Waals surface area contributed by atoms with Gasteiger partial charge in [0.1, 0.15) is 6.10 Å². The van der Waals surface area contributed by atoms with E-state index in [1.54, 1.807) is 11.8 Å². The van der Waals surface area contributed by atoms with Gasteiger partial charge in [0.25, 0.3) is 0 Å². The zero-order valence-electron chi connectivity index (χ0n) is 22.7. The van der Waals surface area contributed by atoms with Crippen molar-refractivity contribution in [1.82, 2.24) is 4.98 Å². The fourth-order valence-electron chi connectivity index (χ4n) is 4.62. The van der Waals surface area contributed by atoms with Crippen molar-refractivity contribution in [2.75, 3.05) is 0 Å². The minimum Gasteiger partial charge on any atom is -0.386 e. The molecule has 4 heteroatoms. The molecule has 1 N–H and O–H groups in total. The molecule has 1 heterocycles. The molecule has 0 saturated carbocycles. The number of thioether (sulfide) groups is 2. The zero-order valence-corrected chi connectivity index (χ0v) is 24.3. The van der Waals surface area contributed by atoms with Crippen LogP contribution in [0.2, 0.25) is 0 Å². The van der Waals surface area contributed by atoms with Crippen LogP contribution in [0.3, 0.4) is 0 Å². The molecule has 3 aromatic rings. The molecular weight excluding hydrogens is 466 g/mol. The summed E-state index contributed by atoms with van der Waals surface area (Å²) in [5.41, 5.74) is 8.69. The molecule has 0 saturated heterocycles. The molecule has 0 bridgehead atoms. The summed E-state index contributed by atoms with van der Waals surface area (Å²) in [7, 11) is 0. The predicted octanol–water partition coefficient (Wildman–Crippen LogP) is 9.32. The smallest absolute Gasteiger partial charge is 0.101 e. The lowest BCUT2D eigenvalue weighted by Crippen LogP contribution is -2.16. The second kappa shape index (κ2) is 12.0. The van der Waals surface area contributed by atoms with Crippen LogP contribution in [0.15, 0.2) is 58.6 Å². The van der Waals surface area contributed by atoms with E-state index in [-0.39, 0.29) is 4.58 Å². The van der Waals surface area contributed by atoms with E-state index in [0.29, 0.717) is 17.8 Å². The maximum Gasteiger partial charge on any atom is 0.101 e. The first kappa shape index (κ1) is 27.8. The molecule has 2 nitrogen and oxygen atoms in total. The molecule has 0 amide bonds. The molecule has 0 aliphatic carbocycles. The Hall–Kier alpha value is -1.75. The van der Waals surface area contributed by atoms with E-state index in [4.69, 9.17) is 0 Å². The summed E-state index contributed by atoms with van der Waals surface area (Å²) in [5, 5.41) is 12.8. The summed E-state index contributed by atoms with van der Waals surface area (Å²) in [6.45, 7) is 20.0. The molecule has 2 aromatic carbocycles. The topological polar surface area (TPSA) is 33.1 Å². The monoisotopic (exact) mass is 507 g/mol. The van der Waals surface area contributed by atoms with Crippen molar-refractivity contribution in [3.8, 4) is 0 Å². The van der Waals surface area contributed by atoms with Crippen LogP contribution in [-0.2, 0) is 0 Å². The quantitative estimate of drug-likeness (QED) is 0.231. The Morgan fingerprint density at radius 1 is 0.743 bits per heavy atom. The largest absolute Gasteiger partial charge is 0.386 e. The van der Waals surface area contributed by atoms with Crippen LogP contribution in [0.1, 0.15) is 104 Å². The molecule has 0 fully saturated rings. The zero-order chi connectivity index (χ0) is 25.9. The van der Waals surface area contributed by atoms with Crippen molar-refractivity contribution in [3.63, 3.8) is 0 Å². The van der Waals surface area contributed by atoms with E-state index in [0.717, 1.165) is 21.7 Å². The lowest BCUT2D eigenvalue weighted by atomic mass is 9.89. The molecule has 0 aliphatic rings. The van der Waals surface area contributed by atoms with E-state index in [9.17, 15) is 5.11 Å². The summed E-state index contributed by atoms with van der Waals surface area (Å²) in [4.78, 5) is 5.90. The Labute approximate surface area is 221 Å². The molecule has 0 aliphatic heterocycles. The molecule has 0 spiro atoms. The Morgan fingerprint density at radius 3 is 1.77 bits per heavy atom. The van der Waals surface area contributed by atoms with Crippen LogP contribution in [0.4, 0.5) is 0 Å². The first-order valence-corrected chi connectivity index (χ1v) is 14.4. The fraction of sp³-hybridized carbons (Fsp3) is 0.452. The van der Waals surface area contributed by atoms with E-state index in [1.807, 2.05) is 36.2 Å². The maximum atomic E-state index is 11.9. The van der Waals surface area contributed by atoms with Crippen molar-refractivity contribution in [1.29, 1.82) is 0 Å². The lowest BCUT2D eigenvalue weighted by molar-refractivity contribution is 0.194. The van der Waals surface area contributed by atoms with Crippen LogP contribution in [0.5, 0.6) is 0 Å². The van der Waals surface area contributed by atoms with Gasteiger partial charge in [0.05, 0.1) is 9.61 Å². The van der Waals surface area contributed by atoms with Gasteiger partial charge in [0.15, 0.2) is 0 Å². The van der Waals surface area contributed by atoms with Crippen molar-refractivity contribution in [2.45, 2.75) is 101 Å². The third kappa shape index (κ3) is 6.72. The Kier molecular flexibility index (Phi) is 9.53. The van der Waals surface area contributed by atoms with Crippen LogP contribution in [-0.4, -0.2) is 14.7 Å². The summed E-state index contributed by atoms with van der Waals surface area (Å²) in [6.07, 6.45) is 1.20. The van der Waals surface area contributed by atoms with Gasteiger partial charge < -0.3 is 5.11 Å². The summed E-state index contributed by atoms with van der Waals surface area (Å²) >= 11 is 3.47. The Bertz CT molecular complexity index is 1090. The third-order valence-electron chi connectivity index (χ3n) is 6.48. The highest BCUT2D eigenvalue weighted by atomic mass is 32.2. The second-order valence-corrected chi connectivity index (χ2v) is 13.1. The van der Waals surface area contributed by atoms with Crippen molar-refractivity contribution in [3.05, 3.63) is 87.6 Å². The van der Waals surface area contributed by atoms with Gasteiger partial charge in [-0.1, -0.05) is 89.2 Å². The van der Waals surface area contributed by atoms with Gasteiger partial charge in [-0.15, -0.1) is 11.8 Å². The highest BCUT2D eigenvalue weighted by Gasteiger charge is 2.29. The molecule has 1 aromatic heterocycles. The average Bonchev–Trinajstić information content (AvgIpc) is 2.78. The number of nitrogens with zero attached hydrogens (tertiary/aromatic N) is 1.